The number of rotatable bonds is 4. The molecule has 0 radical (unpaired) electrons. The molecule has 1 aliphatic rings. The average molecular weight is 290 g/mol. The summed E-state index contributed by atoms with van der Waals surface area (Å²) in [5, 5.41) is 3.17. The smallest absolute Gasteiger partial charge is 0.132 e. The molecule has 1 unspecified atom stereocenters. The summed E-state index contributed by atoms with van der Waals surface area (Å²) in [6, 6.07) is 2.47. The predicted octanol–water partition coefficient (Wildman–Crippen LogP) is 3.79. The lowest BCUT2D eigenvalue weighted by Crippen LogP contribution is -2.24. The van der Waals surface area contributed by atoms with Crippen molar-refractivity contribution in [2.45, 2.75) is 25.8 Å². The van der Waals surface area contributed by atoms with Crippen LogP contribution in [0.2, 0.25) is 0 Å². The topological polar surface area (TPSA) is 12.0 Å². The summed E-state index contributed by atoms with van der Waals surface area (Å²) in [5.41, 5.74) is 0.188. The fourth-order valence-electron chi connectivity index (χ4n) is 2.00. The van der Waals surface area contributed by atoms with Gasteiger partial charge in [-0.15, -0.1) is 0 Å². The third kappa shape index (κ3) is 2.43. The van der Waals surface area contributed by atoms with E-state index in [1.54, 1.807) is 0 Å². The van der Waals surface area contributed by atoms with Crippen molar-refractivity contribution < 1.29 is 8.78 Å². The van der Waals surface area contributed by atoms with Crippen molar-refractivity contribution in [3.05, 3.63) is 33.8 Å². The molecule has 0 aliphatic heterocycles. The minimum Gasteiger partial charge on any atom is -0.310 e. The van der Waals surface area contributed by atoms with Gasteiger partial charge in [0.1, 0.15) is 11.6 Å². The first-order valence-electron chi connectivity index (χ1n) is 5.51. The minimum atomic E-state index is -0.468. The van der Waals surface area contributed by atoms with Crippen LogP contribution in [0.1, 0.15) is 31.4 Å². The normalized spacial score (nSPS) is 17.5. The van der Waals surface area contributed by atoms with E-state index in [-0.39, 0.29) is 11.6 Å². The van der Waals surface area contributed by atoms with Gasteiger partial charge in [-0.3, -0.25) is 0 Å². The maximum Gasteiger partial charge on any atom is 0.132 e. The lowest BCUT2D eigenvalue weighted by atomic mass is 10.0. The van der Waals surface area contributed by atoms with Gasteiger partial charge in [0.2, 0.25) is 0 Å². The maximum atomic E-state index is 13.8. The van der Waals surface area contributed by atoms with Gasteiger partial charge in [0.05, 0.1) is 0 Å². The highest BCUT2D eigenvalue weighted by atomic mass is 79.9. The van der Waals surface area contributed by atoms with Crippen molar-refractivity contribution in [2.24, 2.45) is 5.92 Å². The van der Waals surface area contributed by atoms with E-state index in [1.165, 1.54) is 12.1 Å². The van der Waals surface area contributed by atoms with E-state index in [1.807, 2.05) is 6.92 Å². The van der Waals surface area contributed by atoms with E-state index in [4.69, 9.17) is 0 Å². The van der Waals surface area contributed by atoms with Gasteiger partial charge >= 0.3 is 0 Å². The summed E-state index contributed by atoms with van der Waals surface area (Å²) in [5.74, 6) is -0.556. The Morgan fingerprint density at radius 2 is 1.94 bits per heavy atom. The highest BCUT2D eigenvalue weighted by Gasteiger charge is 2.35. The Morgan fingerprint density at radius 1 is 1.38 bits per heavy atom. The van der Waals surface area contributed by atoms with Crippen LogP contribution in [-0.4, -0.2) is 6.54 Å². The molecule has 1 nitrogen and oxygen atoms in total. The molecular weight excluding hydrogens is 276 g/mol. The van der Waals surface area contributed by atoms with Crippen LogP contribution in [0.3, 0.4) is 0 Å². The molecule has 0 spiro atoms. The SMILES string of the molecule is CCNC(c1c(F)cc(Br)cc1F)C1CC1. The molecule has 16 heavy (non-hydrogen) atoms. The molecule has 0 amide bonds. The molecule has 0 saturated heterocycles. The second-order valence-electron chi connectivity index (χ2n) is 4.16. The van der Waals surface area contributed by atoms with E-state index in [9.17, 15) is 8.78 Å². The first-order chi connectivity index (χ1) is 7.63. The van der Waals surface area contributed by atoms with Gasteiger partial charge < -0.3 is 5.32 Å². The van der Waals surface area contributed by atoms with Crippen LogP contribution in [0.25, 0.3) is 0 Å². The van der Waals surface area contributed by atoms with Crippen molar-refractivity contribution >= 4 is 15.9 Å². The van der Waals surface area contributed by atoms with Gasteiger partial charge in [-0.2, -0.15) is 0 Å². The van der Waals surface area contributed by atoms with Gasteiger partial charge in [0.15, 0.2) is 0 Å². The van der Waals surface area contributed by atoms with E-state index < -0.39 is 11.6 Å². The summed E-state index contributed by atoms with van der Waals surface area (Å²) in [4.78, 5) is 0. The average Bonchev–Trinajstić information content (AvgIpc) is 2.97. The Balaban J connectivity index is 2.36. The molecule has 1 fully saturated rings. The second kappa shape index (κ2) is 4.80. The second-order valence-corrected chi connectivity index (χ2v) is 5.07. The molecule has 1 saturated carbocycles. The summed E-state index contributed by atoms with van der Waals surface area (Å²) in [6.07, 6.45) is 2.10. The van der Waals surface area contributed by atoms with Crippen molar-refractivity contribution in [3.8, 4) is 0 Å². The molecule has 2 rings (SSSR count). The van der Waals surface area contributed by atoms with Crippen molar-refractivity contribution in [1.82, 2.24) is 5.32 Å². The summed E-state index contributed by atoms with van der Waals surface area (Å²) in [6.45, 7) is 2.67. The molecule has 1 aromatic carbocycles. The third-order valence-corrected chi connectivity index (χ3v) is 3.33. The first-order valence-corrected chi connectivity index (χ1v) is 6.30. The van der Waals surface area contributed by atoms with Gasteiger partial charge in [-0.05, 0) is 37.4 Å². The maximum absolute atomic E-state index is 13.8. The van der Waals surface area contributed by atoms with Crippen LogP contribution in [0.4, 0.5) is 8.78 Å². The quantitative estimate of drug-likeness (QED) is 0.889. The van der Waals surface area contributed by atoms with Crippen LogP contribution >= 0.6 is 15.9 Å². The van der Waals surface area contributed by atoms with E-state index >= 15 is 0 Å². The summed E-state index contributed by atoms with van der Waals surface area (Å²) in [7, 11) is 0. The number of nitrogens with one attached hydrogen (secondary N) is 1. The predicted molar refractivity (Wildman–Crippen MR) is 63.2 cm³/mol. The highest BCUT2D eigenvalue weighted by Crippen LogP contribution is 2.42. The fourth-order valence-corrected chi connectivity index (χ4v) is 2.41. The largest absolute Gasteiger partial charge is 0.310 e. The standard InChI is InChI=1S/C12H14BrF2N/c1-2-16-12(7-3-4-7)11-9(14)5-8(13)6-10(11)15/h5-7,12,16H,2-4H2,1H3. The summed E-state index contributed by atoms with van der Waals surface area (Å²) >= 11 is 3.09. The molecule has 0 aromatic heterocycles. The lowest BCUT2D eigenvalue weighted by Gasteiger charge is -2.19. The zero-order chi connectivity index (χ0) is 11.7. The molecule has 1 N–H and O–H groups in total. The molecule has 4 heteroatoms. The van der Waals surface area contributed by atoms with Crippen LogP contribution in [0.15, 0.2) is 16.6 Å². The number of hydrogen-bond acceptors (Lipinski definition) is 1. The molecular formula is C12H14BrF2N. The molecule has 1 aliphatic carbocycles. The van der Waals surface area contributed by atoms with E-state index in [0.29, 0.717) is 10.4 Å². The number of halogens is 3. The van der Waals surface area contributed by atoms with Crippen molar-refractivity contribution in [1.29, 1.82) is 0 Å². The van der Waals surface area contributed by atoms with Gasteiger partial charge in [0.25, 0.3) is 0 Å². The van der Waals surface area contributed by atoms with Crippen LogP contribution in [0, 0.1) is 17.6 Å². The van der Waals surface area contributed by atoms with E-state index in [2.05, 4.69) is 21.2 Å². The van der Waals surface area contributed by atoms with Crippen molar-refractivity contribution in [2.75, 3.05) is 6.54 Å². The Morgan fingerprint density at radius 3 is 2.38 bits per heavy atom. The molecule has 0 heterocycles. The van der Waals surface area contributed by atoms with Gasteiger partial charge in [-0.1, -0.05) is 22.9 Å². The van der Waals surface area contributed by atoms with Crippen LogP contribution < -0.4 is 5.32 Å². The number of benzene rings is 1. The molecule has 1 aromatic rings. The Hall–Kier alpha value is -0.480. The zero-order valence-electron chi connectivity index (χ0n) is 9.06. The zero-order valence-corrected chi connectivity index (χ0v) is 10.7. The van der Waals surface area contributed by atoms with Gasteiger partial charge in [-0.25, -0.2) is 8.78 Å². The molecule has 0 bridgehead atoms. The highest BCUT2D eigenvalue weighted by molar-refractivity contribution is 9.10. The third-order valence-electron chi connectivity index (χ3n) is 2.87. The Kier molecular flexibility index (Phi) is 3.60. The van der Waals surface area contributed by atoms with Crippen LogP contribution in [-0.2, 0) is 0 Å². The molecule has 1 atom stereocenters. The monoisotopic (exact) mass is 289 g/mol. The first kappa shape index (κ1) is 12.0. The minimum absolute atomic E-state index is 0.182. The molecule has 88 valence electrons. The fraction of sp³-hybridized carbons (Fsp3) is 0.500. The van der Waals surface area contributed by atoms with Crippen LogP contribution in [0.5, 0.6) is 0 Å². The lowest BCUT2D eigenvalue weighted by molar-refractivity contribution is 0.440. The Bertz CT molecular complexity index is 368. The Labute approximate surface area is 102 Å². The van der Waals surface area contributed by atoms with Gasteiger partial charge in [0, 0.05) is 16.1 Å². The van der Waals surface area contributed by atoms with E-state index in [0.717, 1.165) is 19.4 Å². The summed E-state index contributed by atoms with van der Waals surface area (Å²) < 4.78 is 28.0. The number of hydrogen-bond donors (Lipinski definition) is 1. The van der Waals surface area contributed by atoms with Crippen molar-refractivity contribution in [3.63, 3.8) is 0 Å².